The van der Waals surface area contributed by atoms with Gasteiger partial charge in [0.2, 0.25) is 0 Å². The maximum Gasteiger partial charge on any atom is 0.257 e. The lowest BCUT2D eigenvalue weighted by Gasteiger charge is -2.29. The number of rotatable bonds is 4. The number of hydrogen-bond acceptors (Lipinski definition) is 4. The number of pyridine rings is 1. The van der Waals surface area contributed by atoms with Gasteiger partial charge in [0.1, 0.15) is 5.82 Å². The maximum atomic E-state index is 12.8. The normalized spacial score (nSPS) is 20.4. The number of anilines is 1. The van der Waals surface area contributed by atoms with E-state index in [1.807, 2.05) is 12.1 Å². The lowest BCUT2D eigenvalue weighted by atomic mass is 10.0. The van der Waals surface area contributed by atoms with Gasteiger partial charge in [0, 0.05) is 32.9 Å². The number of aromatic nitrogens is 1. The zero-order valence-corrected chi connectivity index (χ0v) is 13.3. The van der Waals surface area contributed by atoms with Crippen LogP contribution in [0.3, 0.4) is 0 Å². The molecule has 2 aliphatic rings. The molecule has 120 valence electrons. The van der Waals surface area contributed by atoms with Crippen molar-refractivity contribution in [1.29, 1.82) is 0 Å². The molecule has 5 heteroatoms. The van der Waals surface area contributed by atoms with Crippen molar-refractivity contribution in [3.8, 4) is 0 Å². The second kappa shape index (κ2) is 6.24. The quantitative estimate of drug-likeness (QED) is 0.925. The molecule has 0 radical (unpaired) electrons. The number of carbonyl (C=O) groups is 1. The zero-order chi connectivity index (χ0) is 15.6. The van der Waals surface area contributed by atoms with Gasteiger partial charge in [0.15, 0.2) is 0 Å². The minimum absolute atomic E-state index is 0.0460. The highest BCUT2D eigenvalue weighted by Gasteiger charge is 2.34. The first-order valence-electron chi connectivity index (χ1n) is 8.27. The fourth-order valence-electron chi connectivity index (χ4n) is 3.65. The first-order chi connectivity index (χ1) is 10.6. The van der Waals surface area contributed by atoms with E-state index in [0.29, 0.717) is 12.1 Å². The standard InChI is InChI=1S/C17H25N3O2/c1-19(13-17(22)8-2-3-9-17)16(21)14-7-6-10-18-15(14)20-11-4-5-12-20/h6-7,10,22H,2-5,8-9,11-13H2,1H3. The Kier molecular flexibility index (Phi) is 4.34. The second-order valence-corrected chi connectivity index (χ2v) is 6.66. The lowest BCUT2D eigenvalue weighted by molar-refractivity contribution is 0.0157. The van der Waals surface area contributed by atoms with Crippen molar-refractivity contribution in [3.63, 3.8) is 0 Å². The summed E-state index contributed by atoms with van der Waals surface area (Å²) in [4.78, 5) is 21.1. The predicted molar refractivity (Wildman–Crippen MR) is 86.1 cm³/mol. The highest BCUT2D eigenvalue weighted by molar-refractivity contribution is 5.98. The Hall–Kier alpha value is -1.62. The van der Waals surface area contributed by atoms with Gasteiger partial charge < -0.3 is 14.9 Å². The van der Waals surface area contributed by atoms with E-state index in [9.17, 15) is 9.90 Å². The smallest absolute Gasteiger partial charge is 0.257 e. The summed E-state index contributed by atoms with van der Waals surface area (Å²) in [6, 6.07) is 3.66. The number of hydrogen-bond donors (Lipinski definition) is 1. The lowest BCUT2D eigenvalue weighted by Crippen LogP contribution is -2.42. The van der Waals surface area contributed by atoms with E-state index in [-0.39, 0.29) is 5.91 Å². The van der Waals surface area contributed by atoms with Crippen molar-refractivity contribution in [1.82, 2.24) is 9.88 Å². The topological polar surface area (TPSA) is 56.7 Å². The van der Waals surface area contributed by atoms with Crippen LogP contribution in [0, 0.1) is 0 Å². The first kappa shape index (κ1) is 15.3. The van der Waals surface area contributed by atoms with E-state index >= 15 is 0 Å². The minimum atomic E-state index is -0.708. The summed E-state index contributed by atoms with van der Waals surface area (Å²) in [6.45, 7) is 2.33. The minimum Gasteiger partial charge on any atom is -0.388 e. The molecule has 22 heavy (non-hydrogen) atoms. The van der Waals surface area contributed by atoms with Crippen LogP contribution in [0.2, 0.25) is 0 Å². The van der Waals surface area contributed by atoms with Crippen LogP contribution in [-0.4, -0.2) is 53.2 Å². The molecule has 0 aromatic carbocycles. The average Bonchev–Trinajstić information content (AvgIpc) is 3.18. The molecule has 1 aromatic heterocycles. The van der Waals surface area contributed by atoms with Crippen molar-refractivity contribution in [2.75, 3.05) is 31.6 Å². The molecule has 1 N–H and O–H groups in total. The summed E-state index contributed by atoms with van der Waals surface area (Å²) >= 11 is 0. The van der Waals surface area contributed by atoms with Crippen molar-refractivity contribution >= 4 is 11.7 Å². The molecule has 2 heterocycles. The molecule has 0 atom stereocenters. The van der Waals surface area contributed by atoms with Crippen LogP contribution in [0.25, 0.3) is 0 Å². The SMILES string of the molecule is CN(CC1(O)CCCC1)C(=O)c1cccnc1N1CCCC1. The van der Waals surface area contributed by atoms with Gasteiger partial charge in [-0.2, -0.15) is 0 Å². The molecule has 0 bridgehead atoms. The van der Waals surface area contributed by atoms with E-state index < -0.39 is 5.60 Å². The van der Waals surface area contributed by atoms with Gasteiger partial charge in [-0.05, 0) is 37.8 Å². The molecule has 1 aliphatic carbocycles. The van der Waals surface area contributed by atoms with Crippen LogP contribution in [0.1, 0.15) is 48.9 Å². The van der Waals surface area contributed by atoms with Crippen molar-refractivity contribution < 1.29 is 9.90 Å². The molecule has 3 rings (SSSR count). The Morgan fingerprint density at radius 2 is 2.00 bits per heavy atom. The molecule has 1 amide bonds. The monoisotopic (exact) mass is 303 g/mol. The van der Waals surface area contributed by atoms with Gasteiger partial charge in [0.25, 0.3) is 5.91 Å². The Morgan fingerprint density at radius 3 is 2.68 bits per heavy atom. The summed E-state index contributed by atoms with van der Waals surface area (Å²) in [7, 11) is 1.78. The van der Waals surface area contributed by atoms with Crippen molar-refractivity contribution in [2.45, 2.75) is 44.1 Å². The molecular weight excluding hydrogens is 278 g/mol. The molecule has 1 saturated heterocycles. The number of carbonyl (C=O) groups excluding carboxylic acids is 1. The van der Waals surface area contributed by atoms with Gasteiger partial charge in [0.05, 0.1) is 11.2 Å². The number of likely N-dealkylation sites (N-methyl/N-ethyl adjacent to an activating group) is 1. The van der Waals surface area contributed by atoms with Crippen LogP contribution >= 0.6 is 0 Å². The van der Waals surface area contributed by atoms with E-state index in [4.69, 9.17) is 0 Å². The van der Waals surface area contributed by atoms with Crippen molar-refractivity contribution in [2.24, 2.45) is 0 Å². The molecule has 0 unspecified atom stereocenters. The third-order valence-corrected chi connectivity index (χ3v) is 4.84. The highest BCUT2D eigenvalue weighted by Crippen LogP contribution is 2.31. The molecular formula is C17H25N3O2. The van der Waals surface area contributed by atoms with E-state index in [1.54, 1.807) is 18.1 Å². The zero-order valence-electron chi connectivity index (χ0n) is 13.3. The molecule has 1 aliphatic heterocycles. The average molecular weight is 303 g/mol. The maximum absolute atomic E-state index is 12.8. The third-order valence-electron chi connectivity index (χ3n) is 4.84. The fourth-order valence-corrected chi connectivity index (χ4v) is 3.65. The van der Waals surface area contributed by atoms with Gasteiger partial charge in [-0.25, -0.2) is 4.98 Å². The molecule has 2 fully saturated rings. The summed E-state index contributed by atoms with van der Waals surface area (Å²) in [5.41, 5.74) is -0.0612. The van der Waals surface area contributed by atoms with Crippen LogP contribution in [0.5, 0.6) is 0 Å². The van der Waals surface area contributed by atoms with Crippen LogP contribution in [-0.2, 0) is 0 Å². The van der Waals surface area contributed by atoms with Gasteiger partial charge in [-0.15, -0.1) is 0 Å². The summed E-state index contributed by atoms with van der Waals surface area (Å²) in [5, 5.41) is 10.5. The van der Waals surface area contributed by atoms with Gasteiger partial charge >= 0.3 is 0 Å². The van der Waals surface area contributed by atoms with Crippen LogP contribution in [0.4, 0.5) is 5.82 Å². The fraction of sp³-hybridized carbons (Fsp3) is 0.647. The predicted octanol–water partition coefficient (Wildman–Crippen LogP) is 2.06. The van der Waals surface area contributed by atoms with Gasteiger partial charge in [-0.1, -0.05) is 12.8 Å². The summed E-state index contributed by atoms with van der Waals surface area (Å²) in [6.07, 6.45) is 7.72. The van der Waals surface area contributed by atoms with Crippen LogP contribution in [0.15, 0.2) is 18.3 Å². The molecule has 5 nitrogen and oxygen atoms in total. The largest absolute Gasteiger partial charge is 0.388 e. The first-order valence-corrected chi connectivity index (χ1v) is 8.27. The molecule has 0 spiro atoms. The van der Waals surface area contributed by atoms with Gasteiger partial charge in [-0.3, -0.25) is 4.79 Å². The van der Waals surface area contributed by atoms with E-state index in [0.717, 1.165) is 57.4 Å². The van der Waals surface area contributed by atoms with Crippen LogP contribution < -0.4 is 4.90 Å². The highest BCUT2D eigenvalue weighted by atomic mass is 16.3. The number of aliphatic hydroxyl groups is 1. The van der Waals surface area contributed by atoms with E-state index in [1.165, 1.54) is 0 Å². The Labute approximate surface area is 131 Å². The molecule has 1 saturated carbocycles. The third kappa shape index (κ3) is 3.09. The number of nitrogens with zero attached hydrogens (tertiary/aromatic N) is 3. The molecule has 1 aromatic rings. The summed E-state index contributed by atoms with van der Waals surface area (Å²) in [5.74, 6) is 0.741. The Bertz CT molecular complexity index is 534. The van der Waals surface area contributed by atoms with Crippen molar-refractivity contribution in [3.05, 3.63) is 23.9 Å². The Balaban J connectivity index is 1.76. The summed E-state index contributed by atoms with van der Waals surface area (Å²) < 4.78 is 0. The second-order valence-electron chi connectivity index (χ2n) is 6.66. The Morgan fingerprint density at radius 1 is 1.32 bits per heavy atom. The number of amides is 1. The van der Waals surface area contributed by atoms with E-state index in [2.05, 4.69) is 9.88 Å².